The van der Waals surface area contributed by atoms with E-state index in [9.17, 15) is 0 Å². The van der Waals surface area contributed by atoms with Gasteiger partial charge in [0.25, 0.3) is 0 Å². The Morgan fingerprint density at radius 2 is 0.911 bits per heavy atom. The first-order chi connectivity index (χ1) is 27.3. The van der Waals surface area contributed by atoms with Crippen LogP contribution < -0.4 is 4.90 Å². The van der Waals surface area contributed by atoms with Crippen LogP contribution in [0.5, 0.6) is 0 Å². The summed E-state index contributed by atoms with van der Waals surface area (Å²) < 4.78 is 2.66. The van der Waals surface area contributed by atoms with Gasteiger partial charge in [-0.25, -0.2) is 0 Å². The first-order valence-corrected chi connectivity index (χ1v) is 20.5. The van der Waals surface area contributed by atoms with E-state index < -0.39 is 0 Å². The highest BCUT2D eigenvalue weighted by molar-refractivity contribution is 7.26. The smallest absolute Gasteiger partial charge is 0.0540 e. The lowest BCUT2D eigenvalue weighted by atomic mass is 9.82. The Balaban J connectivity index is 1.16. The average Bonchev–Trinajstić information content (AvgIpc) is 3.81. The Bertz CT molecular complexity index is 2930. The molecule has 0 saturated heterocycles. The zero-order valence-corrected chi connectivity index (χ0v) is 32.9. The minimum atomic E-state index is -0.121. The van der Waals surface area contributed by atoms with Gasteiger partial charge in [-0.15, -0.1) is 11.3 Å². The van der Waals surface area contributed by atoms with Crippen LogP contribution >= 0.6 is 11.3 Å². The number of hydrogen-bond acceptors (Lipinski definition) is 2. The second-order valence-electron chi connectivity index (χ2n) is 16.5. The van der Waals surface area contributed by atoms with Gasteiger partial charge in [0.2, 0.25) is 0 Å². The molecule has 56 heavy (non-hydrogen) atoms. The third-order valence-electron chi connectivity index (χ3n) is 12.7. The van der Waals surface area contributed by atoms with Crippen LogP contribution in [0.2, 0.25) is 0 Å². The molecule has 0 bridgehead atoms. The molecule has 1 heterocycles. The van der Waals surface area contributed by atoms with E-state index in [1.165, 1.54) is 86.9 Å². The summed E-state index contributed by atoms with van der Waals surface area (Å²) >= 11 is 1.89. The van der Waals surface area contributed by atoms with Crippen molar-refractivity contribution in [1.29, 1.82) is 0 Å². The summed E-state index contributed by atoms with van der Waals surface area (Å²) in [7, 11) is 0. The average molecular weight is 736 g/mol. The predicted octanol–water partition coefficient (Wildman–Crippen LogP) is 15.5. The second-order valence-corrected chi connectivity index (χ2v) is 17.6. The second kappa shape index (κ2) is 12.1. The van der Waals surface area contributed by atoms with Crippen molar-refractivity contribution in [2.24, 2.45) is 0 Å². The van der Waals surface area contributed by atoms with Crippen LogP contribution in [-0.2, 0) is 10.8 Å². The normalized spacial score (nSPS) is 14.4. The van der Waals surface area contributed by atoms with E-state index in [2.05, 4.69) is 209 Å². The fourth-order valence-corrected chi connectivity index (χ4v) is 11.1. The fourth-order valence-electron chi connectivity index (χ4n) is 9.81. The molecule has 0 N–H and O–H groups in total. The van der Waals surface area contributed by atoms with Crippen molar-refractivity contribution in [3.63, 3.8) is 0 Å². The van der Waals surface area contributed by atoms with Crippen LogP contribution in [-0.4, -0.2) is 0 Å². The van der Waals surface area contributed by atoms with Crippen LogP contribution in [0.25, 0.3) is 64.7 Å². The van der Waals surface area contributed by atoms with Gasteiger partial charge >= 0.3 is 0 Å². The van der Waals surface area contributed by atoms with Crippen molar-refractivity contribution in [2.45, 2.75) is 38.5 Å². The topological polar surface area (TPSA) is 3.24 Å². The van der Waals surface area contributed by atoms with E-state index in [0.29, 0.717) is 0 Å². The van der Waals surface area contributed by atoms with Crippen LogP contribution in [0.1, 0.15) is 49.9 Å². The molecule has 0 fully saturated rings. The maximum atomic E-state index is 2.52. The molecule has 11 rings (SSSR count). The van der Waals surface area contributed by atoms with E-state index in [1.807, 2.05) is 11.3 Å². The summed E-state index contributed by atoms with van der Waals surface area (Å²) in [5, 5.41) is 2.64. The highest BCUT2D eigenvalue weighted by Crippen LogP contribution is 2.54. The lowest BCUT2D eigenvalue weighted by Gasteiger charge is -2.31. The van der Waals surface area contributed by atoms with Gasteiger partial charge in [0.05, 0.1) is 5.69 Å². The lowest BCUT2D eigenvalue weighted by Crippen LogP contribution is -2.18. The van der Waals surface area contributed by atoms with Crippen molar-refractivity contribution in [3.05, 3.63) is 198 Å². The number of benzene rings is 8. The van der Waals surface area contributed by atoms with Gasteiger partial charge in [-0.3, -0.25) is 0 Å². The molecule has 0 aliphatic heterocycles. The molecule has 1 nitrogen and oxygen atoms in total. The predicted molar refractivity (Wildman–Crippen MR) is 240 cm³/mol. The Morgan fingerprint density at radius 1 is 0.375 bits per heavy atom. The minimum Gasteiger partial charge on any atom is -0.310 e. The van der Waals surface area contributed by atoms with E-state index >= 15 is 0 Å². The van der Waals surface area contributed by atoms with E-state index in [-0.39, 0.29) is 10.8 Å². The van der Waals surface area contributed by atoms with Gasteiger partial charge in [0, 0.05) is 47.9 Å². The van der Waals surface area contributed by atoms with Gasteiger partial charge < -0.3 is 4.90 Å². The zero-order chi connectivity index (χ0) is 37.8. The SMILES string of the molecule is CC1(C)c2ccccc2-c2ccc(N(c3ccc4c(c3)C(C)(C)c3ccccc3-4)c3ccc(-c4cccc5c4sc4ccccc45)cc3-c3ccccc3)cc21. The van der Waals surface area contributed by atoms with Crippen LogP contribution in [0, 0.1) is 0 Å². The zero-order valence-electron chi connectivity index (χ0n) is 32.1. The molecule has 0 atom stereocenters. The summed E-state index contributed by atoms with van der Waals surface area (Å²) in [6.45, 7) is 9.50. The summed E-state index contributed by atoms with van der Waals surface area (Å²) in [5.74, 6) is 0. The minimum absolute atomic E-state index is 0.121. The first kappa shape index (κ1) is 33.1. The van der Waals surface area contributed by atoms with Gasteiger partial charge in [0.1, 0.15) is 0 Å². The molecule has 0 unspecified atom stereocenters. The van der Waals surface area contributed by atoms with Crippen LogP contribution in [0.15, 0.2) is 176 Å². The summed E-state index contributed by atoms with van der Waals surface area (Å²) in [5.41, 5.74) is 19.0. The van der Waals surface area contributed by atoms with Gasteiger partial charge in [-0.1, -0.05) is 161 Å². The third-order valence-corrected chi connectivity index (χ3v) is 13.9. The Labute approximate surface area is 333 Å². The molecule has 2 aliphatic rings. The van der Waals surface area contributed by atoms with Gasteiger partial charge in [0.15, 0.2) is 0 Å². The van der Waals surface area contributed by atoms with Crippen molar-refractivity contribution in [1.82, 2.24) is 0 Å². The van der Waals surface area contributed by atoms with Gasteiger partial charge in [-0.2, -0.15) is 0 Å². The highest BCUT2D eigenvalue weighted by Gasteiger charge is 2.38. The maximum absolute atomic E-state index is 2.52. The third kappa shape index (κ3) is 4.79. The number of hydrogen-bond donors (Lipinski definition) is 0. The van der Waals surface area contributed by atoms with Crippen molar-refractivity contribution in [2.75, 3.05) is 4.90 Å². The summed E-state index contributed by atoms with van der Waals surface area (Å²) in [4.78, 5) is 2.52. The molecule has 268 valence electrons. The molecule has 2 heteroatoms. The molecule has 0 radical (unpaired) electrons. The number of anilines is 3. The summed E-state index contributed by atoms with van der Waals surface area (Å²) in [6.07, 6.45) is 0. The molecular formula is C54H41NS. The van der Waals surface area contributed by atoms with E-state index in [4.69, 9.17) is 0 Å². The molecule has 2 aliphatic carbocycles. The number of rotatable bonds is 5. The first-order valence-electron chi connectivity index (χ1n) is 19.7. The molecule has 1 aromatic heterocycles. The van der Waals surface area contributed by atoms with Crippen LogP contribution in [0.4, 0.5) is 17.1 Å². The van der Waals surface area contributed by atoms with Gasteiger partial charge in [-0.05, 0) is 104 Å². The largest absolute Gasteiger partial charge is 0.310 e. The molecule has 0 saturated carbocycles. The number of fused-ring (bicyclic) bond motifs is 9. The Morgan fingerprint density at radius 3 is 1.57 bits per heavy atom. The fraction of sp³-hybridized carbons (Fsp3) is 0.111. The highest BCUT2D eigenvalue weighted by atomic mass is 32.1. The van der Waals surface area contributed by atoms with Crippen molar-refractivity contribution < 1.29 is 0 Å². The molecule has 0 amide bonds. The Kier molecular flexibility index (Phi) is 7.18. The Hall–Kier alpha value is -6.22. The molecular weight excluding hydrogens is 695 g/mol. The van der Waals surface area contributed by atoms with Crippen molar-refractivity contribution in [3.8, 4) is 44.5 Å². The quantitative estimate of drug-likeness (QED) is 0.170. The maximum Gasteiger partial charge on any atom is 0.0540 e. The number of thiophene rings is 1. The van der Waals surface area contributed by atoms with E-state index in [0.717, 1.165) is 17.1 Å². The van der Waals surface area contributed by atoms with Crippen LogP contribution in [0.3, 0.4) is 0 Å². The molecule has 9 aromatic rings. The molecule has 8 aromatic carbocycles. The summed E-state index contributed by atoms with van der Waals surface area (Å²) in [6, 6.07) is 65.8. The number of nitrogens with zero attached hydrogens (tertiary/aromatic N) is 1. The standard InChI is InChI=1S/C54H41NS/c1-53(2)46-22-11-8-17-39(46)41-28-26-36(32-48(41)53)55(37-27-29-42-40-18-9-12-23-47(40)54(3,4)49(42)33-37)50-30-25-35(31-45(50)34-15-6-5-7-16-34)38-20-14-21-44-43-19-10-13-24-51(43)56-52(38)44/h5-33H,1-4H3. The lowest BCUT2D eigenvalue weighted by molar-refractivity contribution is 0.660. The molecule has 0 spiro atoms. The monoisotopic (exact) mass is 735 g/mol. The van der Waals surface area contributed by atoms with Crippen molar-refractivity contribution >= 4 is 48.6 Å². The van der Waals surface area contributed by atoms with E-state index in [1.54, 1.807) is 0 Å².